The van der Waals surface area contributed by atoms with Gasteiger partial charge in [-0.1, -0.05) is 101 Å². The first kappa shape index (κ1) is 102. The molecule has 133 heavy (non-hydrogen) atoms. The molecule has 4 aromatic carbocycles. The molecule has 8 N–H and O–H groups in total. The number of carbonyl (C=O) groups excluding carboxylic acids is 1. The summed E-state index contributed by atoms with van der Waals surface area (Å²) in [5, 5.41) is 56.5. The van der Waals surface area contributed by atoms with Gasteiger partial charge in [0.05, 0.1) is 29.1 Å². The van der Waals surface area contributed by atoms with Crippen LogP contribution in [-0.4, -0.2) is 238 Å². The van der Waals surface area contributed by atoms with Crippen LogP contribution in [0.4, 0.5) is 35.2 Å². The Bertz CT molecular complexity index is 6140. The number of unbranched alkanes of at least 4 members (excludes halogenated alkanes) is 4. The second-order valence-corrected chi connectivity index (χ2v) is 37.0. The molecule has 0 spiro atoms. The zero-order valence-corrected chi connectivity index (χ0v) is 81.6. The molecule has 0 atom stereocenters. The number of halogens is 1. The normalized spacial score (nSPS) is 19.9. The summed E-state index contributed by atoms with van der Waals surface area (Å²) in [5.74, 6) is 2.50. The van der Waals surface area contributed by atoms with E-state index in [-0.39, 0.29) is 106 Å². The second-order valence-electron chi connectivity index (χ2n) is 36.5. The Morgan fingerprint density at radius 1 is 0.353 bits per heavy atom. The van der Waals surface area contributed by atoms with Gasteiger partial charge in [-0.05, 0) is 201 Å². The SMILES string of the molecule is CCCCNc1ncc2c3ccc(Cl)cc3c(=O)n(C3CCC(O)CC3)c2n1.CCCCNc1ncc2c3ccc(N4CCN(C)CC4)cc3c(=O)n(C3CCC(=O)CC3)c2n1.CCCCNc1ncc2c3ccc(N4CCN(C)CC4)cc3c(=O)n(C3CCC(O)CC3)c2n1.CCCCNc1ncc2c3ccccc3c(=O)n(C3CCC(O)CC3)c2n1.CN1CCNCC1.[CH3-].[CH3-].[Pd+2]. The Morgan fingerprint density at radius 3 is 0.955 bits per heavy atom. The van der Waals surface area contributed by atoms with Crippen LogP contribution >= 0.6 is 11.6 Å². The second kappa shape index (κ2) is 48.6. The van der Waals surface area contributed by atoms with Gasteiger partial charge in [0.15, 0.2) is 0 Å². The Morgan fingerprint density at radius 2 is 0.639 bits per heavy atom. The fourth-order valence-corrected chi connectivity index (χ4v) is 19.4. The minimum absolute atomic E-state index is 0. The van der Waals surface area contributed by atoms with Gasteiger partial charge in [0.25, 0.3) is 22.2 Å². The first-order valence-electron chi connectivity index (χ1n) is 48.0. The number of nitrogens with one attached hydrogen (secondary N) is 5. The van der Waals surface area contributed by atoms with Gasteiger partial charge in [0.2, 0.25) is 23.8 Å². The summed E-state index contributed by atoms with van der Waals surface area (Å²) in [6, 6.07) is 25.6. The number of aliphatic hydroxyl groups is 3. The molecule has 3 aliphatic heterocycles. The number of fused-ring (bicyclic) bond motifs is 12. The first-order valence-corrected chi connectivity index (χ1v) is 48.4. The molecule has 32 heteroatoms. The number of pyridine rings is 4. The molecule has 4 aliphatic carbocycles. The van der Waals surface area contributed by atoms with Crippen molar-refractivity contribution in [1.82, 2.24) is 78.2 Å². The minimum Gasteiger partial charge on any atom is -0.393 e. The van der Waals surface area contributed by atoms with E-state index in [0.29, 0.717) is 119 Å². The van der Waals surface area contributed by atoms with Gasteiger partial charge in [0, 0.05) is 215 Å². The van der Waals surface area contributed by atoms with E-state index in [4.69, 9.17) is 31.5 Å². The number of hydrogen-bond donors (Lipinski definition) is 8. The van der Waals surface area contributed by atoms with Crippen molar-refractivity contribution in [2.24, 2.45) is 0 Å². The molecule has 4 saturated carbocycles. The van der Waals surface area contributed by atoms with E-state index in [1.807, 2.05) is 68.7 Å². The molecule has 19 rings (SSSR count). The number of aliphatic hydroxyl groups excluding tert-OH is 3. The van der Waals surface area contributed by atoms with Crippen LogP contribution in [0, 0.1) is 14.9 Å². The third-order valence-electron chi connectivity index (χ3n) is 27.2. The third kappa shape index (κ3) is 24.6. The van der Waals surface area contributed by atoms with Gasteiger partial charge in [-0.3, -0.25) is 42.2 Å². The van der Waals surface area contributed by atoms with E-state index >= 15 is 0 Å². The summed E-state index contributed by atoms with van der Waals surface area (Å²) >= 11 is 6.17. The van der Waals surface area contributed by atoms with Crippen molar-refractivity contribution in [3.05, 3.63) is 165 Å². The van der Waals surface area contributed by atoms with Crippen molar-refractivity contribution < 1.29 is 40.5 Å². The van der Waals surface area contributed by atoms with E-state index in [2.05, 4.69) is 150 Å². The Balaban J connectivity index is 0.000000155. The fraction of sp³-hybridized carbons (Fsp3) is 0.535. The zero-order valence-electron chi connectivity index (χ0n) is 79.3. The summed E-state index contributed by atoms with van der Waals surface area (Å²) in [7, 11) is 6.44. The molecule has 0 unspecified atom stereocenters. The number of piperazine rings is 3. The van der Waals surface area contributed by atoms with Crippen LogP contribution in [0.2, 0.25) is 5.02 Å². The number of anilines is 6. The molecule has 30 nitrogen and oxygen atoms in total. The largest absolute Gasteiger partial charge is 2.00 e. The van der Waals surface area contributed by atoms with E-state index in [1.54, 1.807) is 22.9 Å². The summed E-state index contributed by atoms with van der Waals surface area (Å²) < 4.78 is 7.39. The maximum Gasteiger partial charge on any atom is 2.00 e. The van der Waals surface area contributed by atoms with Crippen LogP contribution < -0.4 is 58.6 Å². The molecule has 0 radical (unpaired) electrons. The van der Waals surface area contributed by atoms with Gasteiger partial charge >= 0.3 is 20.4 Å². The van der Waals surface area contributed by atoms with E-state index in [9.17, 15) is 39.3 Å². The number of rotatable bonds is 22. The summed E-state index contributed by atoms with van der Waals surface area (Å²) in [6.07, 6.45) is 26.3. The average molecular weight is 1930 g/mol. The van der Waals surface area contributed by atoms with Crippen LogP contribution in [-0.2, 0) is 25.2 Å². The van der Waals surface area contributed by atoms with Crippen LogP contribution in [0.1, 0.15) is 206 Å². The van der Waals surface area contributed by atoms with Gasteiger partial charge in [0.1, 0.15) is 28.4 Å². The van der Waals surface area contributed by atoms with Crippen molar-refractivity contribution >= 4 is 140 Å². The molecule has 3 saturated heterocycles. The van der Waals surface area contributed by atoms with E-state index < -0.39 is 0 Å². The van der Waals surface area contributed by atoms with E-state index in [0.717, 1.165) is 254 Å². The van der Waals surface area contributed by atoms with Crippen molar-refractivity contribution in [2.75, 3.05) is 157 Å². The van der Waals surface area contributed by atoms with Crippen LogP contribution in [0.5, 0.6) is 0 Å². The Hall–Kier alpha value is -9.78. The number of Topliss-reactive ketones (excluding diaryl/α,β-unsaturated/α-hetero) is 1. The molecule has 718 valence electrons. The van der Waals surface area contributed by atoms with Crippen LogP contribution in [0.25, 0.3) is 87.2 Å². The van der Waals surface area contributed by atoms with Crippen molar-refractivity contribution in [3.63, 3.8) is 0 Å². The monoisotopic (exact) mass is 1930 g/mol. The van der Waals surface area contributed by atoms with Crippen LogP contribution in [0.15, 0.2) is 123 Å². The molecule has 8 aromatic heterocycles. The average Bonchev–Trinajstić information content (AvgIpc) is 0.747. The standard InChI is InChI=1S/C26H36N6O2.C26H34N6O2.C21H25ClN4O2.C21H26N4O2.C5H12N2.2CH3.Pd/c2*1-3-4-11-27-26-28-17-23-21-10-7-19(31-14-12-30(2)13-15-31)16-22(21)25(34)32(24(23)29-26)18-5-8-20(33)9-6-18;1-2-3-10-23-21-24-12-18-16-9-4-13(22)11-17(16)20(28)26(19(18)25-21)14-5-7-15(27)8-6-14;1-2-3-12-22-21-23-13-18-16-6-4-5-7-17(16)20(27)25(19(18)24-21)14-8-10-15(26)11-9-14;1-7-4-2-6-3-5-7;;;/h7,10,16-18,20,33H,3-6,8-9,11-15H2,1-2H3,(H,27,28,29);7,10,16-18H,3-6,8-9,11-15H2,1-2H3,(H,27,28,29);4,9,11-12,14-15,27H,2-3,5-8,10H2,1H3,(H,23,24,25);4-7,13-15,26H,2-3,8-12H2,1H3,(H,22,23,24);6H,2-5H2,1H3;2*1H3;/q;;;;;2*-1;+2. The minimum atomic E-state index is -0.283. The molecular formula is C101H139ClN22O8Pd. The Labute approximate surface area is 799 Å². The van der Waals surface area contributed by atoms with Crippen molar-refractivity contribution in [1.29, 1.82) is 0 Å². The molecule has 0 bridgehead atoms. The summed E-state index contributed by atoms with van der Waals surface area (Å²) in [4.78, 5) is 115. The number of carbonyl (C=O) groups is 1. The molecule has 0 amide bonds. The quantitative estimate of drug-likeness (QED) is 0.0135. The van der Waals surface area contributed by atoms with Crippen LogP contribution in [0.3, 0.4) is 0 Å². The molecular weight excluding hydrogens is 1790 g/mol. The van der Waals surface area contributed by atoms with Gasteiger partial charge < -0.3 is 81.3 Å². The Kier molecular flexibility index (Phi) is 37.3. The summed E-state index contributed by atoms with van der Waals surface area (Å²) in [6.45, 7) is 24.4. The number of nitrogens with zero attached hydrogens (tertiary/aromatic N) is 17. The number of likely N-dealkylation sites (N-methyl/N-ethyl adjacent to an activating group) is 3. The predicted octanol–water partition coefficient (Wildman–Crippen LogP) is 15.3. The molecule has 12 aromatic rings. The predicted molar refractivity (Wildman–Crippen MR) is 539 cm³/mol. The van der Waals surface area contributed by atoms with Gasteiger partial charge in [-0.2, -0.15) is 19.9 Å². The zero-order chi connectivity index (χ0) is 90.9. The maximum absolute atomic E-state index is 14.0. The van der Waals surface area contributed by atoms with Crippen molar-refractivity contribution in [3.8, 4) is 0 Å². The summed E-state index contributed by atoms with van der Waals surface area (Å²) in [5.41, 5.74) is 4.79. The third-order valence-corrected chi connectivity index (χ3v) is 27.4. The van der Waals surface area contributed by atoms with Gasteiger partial charge in [-0.15, -0.1) is 0 Å². The van der Waals surface area contributed by atoms with Gasteiger partial charge in [-0.25, -0.2) is 19.9 Å². The smallest absolute Gasteiger partial charge is 0.393 e. The number of ketones is 1. The maximum atomic E-state index is 14.0. The molecule has 7 aliphatic rings. The number of aromatic nitrogens is 12. The molecule has 7 fully saturated rings. The number of benzene rings is 4. The first-order chi connectivity index (χ1) is 63.3. The molecule has 11 heterocycles. The van der Waals surface area contributed by atoms with Crippen molar-refractivity contribution in [2.45, 2.75) is 224 Å². The topological polar surface area (TPSA) is 345 Å². The number of hydrogen-bond acceptors (Lipinski definition) is 26. The van der Waals surface area contributed by atoms with E-state index in [1.165, 1.54) is 13.1 Å². The fourth-order valence-electron chi connectivity index (χ4n) is 19.2.